The van der Waals surface area contributed by atoms with E-state index < -0.39 is 0 Å². The Morgan fingerprint density at radius 2 is 1.78 bits per heavy atom. The van der Waals surface area contributed by atoms with E-state index in [1.54, 1.807) is 0 Å². The van der Waals surface area contributed by atoms with E-state index in [0.29, 0.717) is 13.1 Å². The number of hydrogen-bond donors (Lipinski definition) is 2. The van der Waals surface area contributed by atoms with Gasteiger partial charge in [-0.25, -0.2) is 4.79 Å². The second-order valence-electron chi connectivity index (χ2n) is 6.92. The topological polar surface area (TPSA) is 62.8 Å². The second-order valence-corrected chi connectivity index (χ2v) is 6.92. The van der Waals surface area contributed by atoms with Crippen molar-refractivity contribution in [2.75, 3.05) is 26.4 Å². The number of carbonyl (C=O) groups excluding carboxylic acids is 1. The molecule has 0 aliphatic carbocycles. The van der Waals surface area contributed by atoms with Crippen molar-refractivity contribution in [3.05, 3.63) is 59.7 Å². The molecule has 2 aromatic carbocycles. The van der Waals surface area contributed by atoms with E-state index in [1.807, 2.05) is 24.3 Å². The van der Waals surface area contributed by atoms with Crippen LogP contribution >= 0.6 is 0 Å². The van der Waals surface area contributed by atoms with Crippen molar-refractivity contribution in [1.82, 2.24) is 15.5 Å². The normalized spacial score (nSPS) is 16.9. The highest BCUT2D eigenvalue weighted by Crippen LogP contribution is 2.32. The SMILES string of the molecule is O=C(NCc1ccc2c(c1)OCO2)NCC(c1ccccc1)N1CCCC1. The number of nitrogens with one attached hydrogen (secondary N) is 2. The van der Waals surface area contributed by atoms with Crippen molar-refractivity contribution in [2.24, 2.45) is 0 Å². The average Bonchev–Trinajstić information content (AvgIpc) is 3.39. The first-order chi connectivity index (χ1) is 13.3. The Morgan fingerprint density at radius 1 is 1.00 bits per heavy atom. The lowest BCUT2D eigenvalue weighted by molar-refractivity contribution is 0.174. The summed E-state index contributed by atoms with van der Waals surface area (Å²) in [5.41, 5.74) is 2.23. The molecule has 0 saturated carbocycles. The second kappa shape index (κ2) is 8.31. The summed E-state index contributed by atoms with van der Waals surface area (Å²) in [7, 11) is 0. The van der Waals surface area contributed by atoms with Crippen molar-refractivity contribution in [3.63, 3.8) is 0 Å². The monoisotopic (exact) mass is 367 g/mol. The minimum Gasteiger partial charge on any atom is -0.454 e. The molecule has 2 N–H and O–H groups in total. The van der Waals surface area contributed by atoms with Crippen molar-refractivity contribution in [2.45, 2.75) is 25.4 Å². The number of rotatable bonds is 6. The fraction of sp³-hybridized carbons (Fsp3) is 0.381. The number of nitrogens with zero attached hydrogens (tertiary/aromatic N) is 1. The van der Waals surface area contributed by atoms with Crippen molar-refractivity contribution < 1.29 is 14.3 Å². The Labute approximate surface area is 159 Å². The molecule has 27 heavy (non-hydrogen) atoms. The molecule has 0 spiro atoms. The highest BCUT2D eigenvalue weighted by atomic mass is 16.7. The third-order valence-electron chi connectivity index (χ3n) is 5.11. The summed E-state index contributed by atoms with van der Waals surface area (Å²) in [5.74, 6) is 1.48. The van der Waals surface area contributed by atoms with Crippen LogP contribution in [-0.2, 0) is 6.54 Å². The summed E-state index contributed by atoms with van der Waals surface area (Å²) in [5, 5.41) is 5.96. The van der Waals surface area contributed by atoms with Gasteiger partial charge in [0.2, 0.25) is 6.79 Å². The zero-order valence-electron chi connectivity index (χ0n) is 15.3. The van der Waals surface area contributed by atoms with E-state index in [0.717, 1.165) is 30.2 Å². The van der Waals surface area contributed by atoms with Gasteiger partial charge in [-0.05, 0) is 49.2 Å². The molecule has 2 aromatic rings. The molecule has 1 fully saturated rings. The molecule has 1 unspecified atom stereocenters. The van der Waals surface area contributed by atoms with Crippen LogP contribution in [0.4, 0.5) is 4.79 Å². The number of fused-ring (bicyclic) bond motifs is 1. The summed E-state index contributed by atoms with van der Waals surface area (Å²) in [6.07, 6.45) is 2.44. The molecular formula is C21H25N3O3. The minimum absolute atomic E-state index is 0.159. The van der Waals surface area contributed by atoms with Gasteiger partial charge in [-0.3, -0.25) is 4.90 Å². The van der Waals surface area contributed by atoms with Crippen molar-refractivity contribution >= 4 is 6.03 Å². The van der Waals surface area contributed by atoms with Crippen LogP contribution in [0.5, 0.6) is 11.5 Å². The largest absolute Gasteiger partial charge is 0.454 e. The van der Waals surface area contributed by atoms with Gasteiger partial charge in [0.05, 0.1) is 6.04 Å². The van der Waals surface area contributed by atoms with Crippen LogP contribution in [0.25, 0.3) is 0 Å². The molecule has 2 aliphatic heterocycles. The maximum Gasteiger partial charge on any atom is 0.315 e. The van der Waals surface area contributed by atoms with Gasteiger partial charge in [-0.2, -0.15) is 0 Å². The van der Waals surface area contributed by atoms with Gasteiger partial charge in [0.1, 0.15) is 0 Å². The molecule has 6 nitrogen and oxygen atoms in total. The fourth-order valence-corrected chi connectivity index (χ4v) is 3.67. The van der Waals surface area contributed by atoms with Gasteiger partial charge >= 0.3 is 6.03 Å². The molecule has 2 amide bonds. The van der Waals surface area contributed by atoms with Crippen LogP contribution in [0.3, 0.4) is 0 Å². The number of ether oxygens (including phenoxy) is 2. The van der Waals surface area contributed by atoms with Gasteiger partial charge in [-0.15, -0.1) is 0 Å². The maximum absolute atomic E-state index is 12.3. The number of likely N-dealkylation sites (tertiary alicyclic amines) is 1. The third-order valence-corrected chi connectivity index (χ3v) is 5.11. The number of carbonyl (C=O) groups is 1. The summed E-state index contributed by atoms with van der Waals surface area (Å²) >= 11 is 0. The number of urea groups is 1. The van der Waals surface area contributed by atoms with Gasteiger partial charge in [-0.1, -0.05) is 36.4 Å². The molecule has 0 bridgehead atoms. The lowest BCUT2D eigenvalue weighted by atomic mass is 10.1. The molecule has 0 radical (unpaired) electrons. The van der Waals surface area contributed by atoms with Crippen molar-refractivity contribution in [1.29, 1.82) is 0 Å². The van der Waals surface area contributed by atoms with E-state index in [2.05, 4.69) is 39.8 Å². The van der Waals surface area contributed by atoms with E-state index in [-0.39, 0.29) is 18.9 Å². The quantitative estimate of drug-likeness (QED) is 0.824. The van der Waals surface area contributed by atoms with Gasteiger partial charge in [0, 0.05) is 13.1 Å². The highest BCUT2D eigenvalue weighted by molar-refractivity contribution is 5.73. The molecule has 2 aliphatic rings. The standard InChI is InChI=1S/C21H25N3O3/c25-21(22-13-16-8-9-19-20(12-16)27-15-26-19)23-14-18(24-10-4-5-11-24)17-6-2-1-3-7-17/h1-3,6-9,12,18H,4-5,10-11,13-15H2,(H2,22,23,25). The summed E-state index contributed by atoms with van der Waals surface area (Å²) in [4.78, 5) is 14.8. The third kappa shape index (κ3) is 4.34. The Balaban J connectivity index is 1.31. The smallest absolute Gasteiger partial charge is 0.315 e. The van der Waals surface area contributed by atoms with Crippen LogP contribution in [0.15, 0.2) is 48.5 Å². The lowest BCUT2D eigenvalue weighted by Gasteiger charge is -2.28. The van der Waals surface area contributed by atoms with Gasteiger partial charge in [0.25, 0.3) is 0 Å². The van der Waals surface area contributed by atoms with Gasteiger partial charge in [0.15, 0.2) is 11.5 Å². The van der Waals surface area contributed by atoms with E-state index in [1.165, 1.54) is 18.4 Å². The Kier molecular flexibility index (Phi) is 5.44. The van der Waals surface area contributed by atoms with Crippen LogP contribution < -0.4 is 20.1 Å². The van der Waals surface area contributed by atoms with Crippen LogP contribution in [0, 0.1) is 0 Å². The fourth-order valence-electron chi connectivity index (χ4n) is 3.67. The van der Waals surface area contributed by atoms with Crippen LogP contribution in [0.1, 0.15) is 30.0 Å². The van der Waals surface area contributed by atoms with Crippen LogP contribution in [0.2, 0.25) is 0 Å². The zero-order chi connectivity index (χ0) is 18.5. The molecule has 4 rings (SSSR count). The van der Waals surface area contributed by atoms with E-state index in [4.69, 9.17) is 9.47 Å². The molecule has 142 valence electrons. The Hall–Kier alpha value is -2.73. The number of benzene rings is 2. The molecule has 2 heterocycles. The Morgan fingerprint density at radius 3 is 2.59 bits per heavy atom. The van der Waals surface area contributed by atoms with E-state index in [9.17, 15) is 4.79 Å². The summed E-state index contributed by atoms with van der Waals surface area (Å²) in [6, 6.07) is 16.2. The van der Waals surface area contributed by atoms with Gasteiger partial charge < -0.3 is 20.1 Å². The summed E-state index contributed by atoms with van der Waals surface area (Å²) in [6.45, 7) is 3.46. The molecule has 6 heteroatoms. The maximum atomic E-state index is 12.3. The van der Waals surface area contributed by atoms with Crippen molar-refractivity contribution in [3.8, 4) is 11.5 Å². The van der Waals surface area contributed by atoms with E-state index >= 15 is 0 Å². The predicted molar refractivity (Wildman–Crippen MR) is 103 cm³/mol. The number of amides is 2. The first-order valence-electron chi connectivity index (χ1n) is 9.49. The van der Waals surface area contributed by atoms with Crippen LogP contribution in [-0.4, -0.2) is 37.4 Å². The number of hydrogen-bond acceptors (Lipinski definition) is 4. The summed E-state index contributed by atoms with van der Waals surface area (Å²) < 4.78 is 10.7. The molecule has 1 saturated heterocycles. The minimum atomic E-state index is -0.159. The molecular weight excluding hydrogens is 342 g/mol. The molecule has 1 atom stereocenters. The predicted octanol–water partition coefficient (Wildman–Crippen LogP) is 3.05. The first kappa shape index (κ1) is 17.7. The first-order valence-corrected chi connectivity index (χ1v) is 9.49. The zero-order valence-corrected chi connectivity index (χ0v) is 15.3. The highest BCUT2D eigenvalue weighted by Gasteiger charge is 2.23. The molecule has 0 aromatic heterocycles. The average molecular weight is 367 g/mol. The Bertz CT molecular complexity index is 775. The lowest BCUT2D eigenvalue weighted by Crippen LogP contribution is -2.41.